The molecule has 0 aliphatic rings. The number of ether oxygens (including phenoxy) is 1. The van der Waals surface area contributed by atoms with Gasteiger partial charge in [-0.3, -0.25) is 4.79 Å². The summed E-state index contributed by atoms with van der Waals surface area (Å²) < 4.78 is 5.39. The number of amides is 1. The number of rotatable bonds is 8. The molecule has 4 heteroatoms. The van der Waals surface area contributed by atoms with E-state index in [0.29, 0.717) is 30.7 Å². The Kier molecular flexibility index (Phi) is 7.30. The highest BCUT2D eigenvalue weighted by Crippen LogP contribution is 2.13. The molecule has 0 spiro atoms. The van der Waals surface area contributed by atoms with Crippen molar-refractivity contribution in [2.24, 2.45) is 0 Å². The molecule has 1 aromatic carbocycles. The Bertz CT molecular complexity index is 438. The van der Waals surface area contributed by atoms with Crippen LogP contribution < -0.4 is 5.32 Å². The molecule has 0 aromatic heterocycles. The van der Waals surface area contributed by atoms with Gasteiger partial charge in [0.2, 0.25) is 5.91 Å². The first-order valence-electron chi connectivity index (χ1n) is 6.64. The third-order valence-corrected chi connectivity index (χ3v) is 2.66. The van der Waals surface area contributed by atoms with Crippen LogP contribution in [-0.4, -0.2) is 19.1 Å². The van der Waals surface area contributed by atoms with Crippen LogP contribution in [0, 0.1) is 11.3 Å². The van der Waals surface area contributed by atoms with Crippen LogP contribution in [0.25, 0.3) is 0 Å². The molecule has 0 heterocycles. The summed E-state index contributed by atoms with van der Waals surface area (Å²) in [5.41, 5.74) is 1.05. The second-order valence-corrected chi connectivity index (χ2v) is 4.28. The van der Waals surface area contributed by atoms with Gasteiger partial charge in [-0.05, 0) is 25.0 Å². The fourth-order valence-corrected chi connectivity index (χ4v) is 1.59. The lowest BCUT2D eigenvalue weighted by molar-refractivity contribution is -0.116. The number of para-hydroxylation sites is 1. The van der Waals surface area contributed by atoms with Crippen LogP contribution >= 0.6 is 0 Å². The molecule has 0 saturated heterocycles. The van der Waals surface area contributed by atoms with E-state index in [-0.39, 0.29) is 5.91 Å². The van der Waals surface area contributed by atoms with Crippen molar-refractivity contribution in [3.05, 3.63) is 29.8 Å². The maximum Gasteiger partial charge on any atom is 0.224 e. The molecule has 0 saturated carbocycles. The fraction of sp³-hybridized carbons (Fsp3) is 0.467. The van der Waals surface area contributed by atoms with Crippen molar-refractivity contribution in [2.75, 3.05) is 18.5 Å². The summed E-state index contributed by atoms with van der Waals surface area (Å²) in [6.45, 7) is 3.48. The Morgan fingerprint density at radius 3 is 2.79 bits per heavy atom. The highest BCUT2D eigenvalue weighted by molar-refractivity contribution is 5.92. The van der Waals surface area contributed by atoms with Crippen LogP contribution in [0.2, 0.25) is 0 Å². The molecule has 102 valence electrons. The predicted molar refractivity (Wildman–Crippen MR) is 74.7 cm³/mol. The molecule has 0 aliphatic heterocycles. The lowest BCUT2D eigenvalue weighted by Crippen LogP contribution is -2.13. The zero-order chi connectivity index (χ0) is 13.9. The molecule has 19 heavy (non-hydrogen) atoms. The summed E-state index contributed by atoms with van der Waals surface area (Å²) in [6.07, 6.45) is 3.28. The van der Waals surface area contributed by atoms with Gasteiger partial charge in [-0.25, -0.2) is 0 Å². The lowest BCUT2D eigenvalue weighted by atomic mass is 10.2. The summed E-state index contributed by atoms with van der Waals surface area (Å²) in [4.78, 5) is 11.7. The minimum Gasteiger partial charge on any atom is -0.381 e. The number of anilines is 1. The van der Waals surface area contributed by atoms with Crippen molar-refractivity contribution in [3.63, 3.8) is 0 Å². The monoisotopic (exact) mass is 260 g/mol. The molecule has 0 atom stereocenters. The SMILES string of the molecule is CCCCOCCCC(=O)Nc1ccccc1C#N. The van der Waals surface area contributed by atoms with Crippen LogP contribution in [0.15, 0.2) is 24.3 Å². The van der Waals surface area contributed by atoms with Gasteiger partial charge in [0.05, 0.1) is 11.3 Å². The number of carbonyl (C=O) groups excluding carboxylic acids is 1. The third-order valence-electron chi connectivity index (χ3n) is 2.66. The van der Waals surface area contributed by atoms with Gasteiger partial charge in [-0.2, -0.15) is 5.26 Å². The van der Waals surface area contributed by atoms with Gasteiger partial charge in [0.15, 0.2) is 0 Å². The molecule has 0 unspecified atom stereocenters. The number of unbranched alkanes of at least 4 members (excludes halogenated alkanes) is 1. The van der Waals surface area contributed by atoms with Crippen molar-refractivity contribution in [1.82, 2.24) is 0 Å². The summed E-state index contributed by atoms with van der Waals surface area (Å²) in [5.74, 6) is -0.0817. The van der Waals surface area contributed by atoms with Crippen molar-refractivity contribution in [1.29, 1.82) is 5.26 Å². The van der Waals surface area contributed by atoms with Crippen molar-refractivity contribution in [3.8, 4) is 6.07 Å². The molecule has 0 radical (unpaired) electrons. The molecule has 1 N–H and O–H groups in total. The first kappa shape index (κ1) is 15.2. The van der Waals surface area contributed by atoms with Gasteiger partial charge in [-0.1, -0.05) is 25.5 Å². The highest BCUT2D eigenvalue weighted by Gasteiger charge is 2.05. The Morgan fingerprint density at radius 2 is 2.05 bits per heavy atom. The number of nitriles is 1. The smallest absolute Gasteiger partial charge is 0.224 e. The lowest BCUT2D eigenvalue weighted by Gasteiger charge is -2.07. The minimum atomic E-state index is -0.0817. The van der Waals surface area contributed by atoms with Gasteiger partial charge >= 0.3 is 0 Å². The number of nitrogens with one attached hydrogen (secondary N) is 1. The summed E-state index contributed by atoms with van der Waals surface area (Å²) in [6, 6.07) is 9.04. The van der Waals surface area contributed by atoms with Crippen LogP contribution in [-0.2, 0) is 9.53 Å². The van der Waals surface area contributed by atoms with Crippen molar-refractivity contribution >= 4 is 11.6 Å². The molecule has 1 rings (SSSR count). The Hall–Kier alpha value is -1.86. The Balaban J connectivity index is 2.26. The van der Waals surface area contributed by atoms with E-state index < -0.39 is 0 Å². The minimum absolute atomic E-state index is 0.0817. The van der Waals surface area contributed by atoms with E-state index in [0.717, 1.165) is 19.4 Å². The first-order valence-corrected chi connectivity index (χ1v) is 6.64. The Morgan fingerprint density at radius 1 is 1.32 bits per heavy atom. The summed E-state index contributed by atoms with van der Waals surface area (Å²) in [7, 11) is 0. The van der Waals surface area contributed by atoms with E-state index in [4.69, 9.17) is 10.00 Å². The van der Waals surface area contributed by atoms with E-state index >= 15 is 0 Å². The molecular weight excluding hydrogens is 240 g/mol. The number of benzene rings is 1. The Labute approximate surface area is 114 Å². The van der Waals surface area contributed by atoms with Gasteiger partial charge in [0.25, 0.3) is 0 Å². The fourth-order valence-electron chi connectivity index (χ4n) is 1.59. The molecule has 0 bridgehead atoms. The van der Waals surface area contributed by atoms with E-state index in [2.05, 4.69) is 18.3 Å². The number of carbonyl (C=O) groups is 1. The maximum absolute atomic E-state index is 11.7. The highest BCUT2D eigenvalue weighted by atomic mass is 16.5. The van der Waals surface area contributed by atoms with Crippen LogP contribution in [0.4, 0.5) is 5.69 Å². The van der Waals surface area contributed by atoms with Crippen LogP contribution in [0.3, 0.4) is 0 Å². The number of nitrogens with zero attached hydrogens (tertiary/aromatic N) is 1. The quantitative estimate of drug-likeness (QED) is 0.730. The average molecular weight is 260 g/mol. The summed E-state index contributed by atoms with van der Waals surface area (Å²) >= 11 is 0. The van der Waals surface area contributed by atoms with Crippen LogP contribution in [0.5, 0.6) is 0 Å². The normalized spacial score (nSPS) is 9.89. The maximum atomic E-state index is 11.7. The number of hydrogen-bond acceptors (Lipinski definition) is 3. The molecule has 0 aliphatic carbocycles. The van der Waals surface area contributed by atoms with E-state index in [1.54, 1.807) is 24.3 Å². The van der Waals surface area contributed by atoms with Gasteiger partial charge in [0.1, 0.15) is 6.07 Å². The van der Waals surface area contributed by atoms with Gasteiger partial charge in [0, 0.05) is 19.6 Å². The van der Waals surface area contributed by atoms with Gasteiger partial charge < -0.3 is 10.1 Å². The van der Waals surface area contributed by atoms with E-state index in [9.17, 15) is 4.79 Å². The van der Waals surface area contributed by atoms with Crippen LogP contribution in [0.1, 0.15) is 38.2 Å². The number of hydrogen-bond donors (Lipinski definition) is 1. The van der Waals surface area contributed by atoms with Gasteiger partial charge in [-0.15, -0.1) is 0 Å². The molecule has 0 fully saturated rings. The largest absolute Gasteiger partial charge is 0.381 e. The van der Waals surface area contributed by atoms with E-state index in [1.807, 2.05) is 0 Å². The second-order valence-electron chi connectivity index (χ2n) is 4.28. The standard InChI is InChI=1S/C15H20N2O2/c1-2-3-10-19-11-6-9-15(18)17-14-8-5-4-7-13(14)12-16/h4-5,7-8H,2-3,6,9-11H2,1H3,(H,17,18). The first-order chi connectivity index (χ1) is 9.27. The third kappa shape index (κ3) is 6.03. The zero-order valence-corrected chi connectivity index (χ0v) is 11.3. The predicted octanol–water partition coefficient (Wildman–Crippen LogP) is 3.09. The van der Waals surface area contributed by atoms with Crippen molar-refractivity contribution in [2.45, 2.75) is 32.6 Å². The van der Waals surface area contributed by atoms with Crippen molar-refractivity contribution < 1.29 is 9.53 Å². The molecule has 4 nitrogen and oxygen atoms in total. The average Bonchev–Trinajstić information content (AvgIpc) is 2.43. The second kappa shape index (κ2) is 9.12. The molecule has 1 aromatic rings. The topological polar surface area (TPSA) is 62.1 Å². The zero-order valence-electron chi connectivity index (χ0n) is 11.3. The molecule has 1 amide bonds. The summed E-state index contributed by atoms with van der Waals surface area (Å²) in [5, 5.41) is 11.7. The van der Waals surface area contributed by atoms with E-state index in [1.165, 1.54) is 0 Å². The molecular formula is C15H20N2O2.